The normalized spacial score (nSPS) is 12.8. The predicted octanol–water partition coefficient (Wildman–Crippen LogP) is 0.870. The van der Waals surface area contributed by atoms with Crippen LogP contribution in [0, 0.1) is 0 Å². The largest absolute Gasteiger partial charge is 0.494 e. The summed E-state index contributed by atoms with van der Waals surface area (Å²) < 4.78 is 5.36. The monoisotopic (exact) mass is 239 g/mol. The molecule has 1 atom stereocenters. The molecule has 1 aromatic rings. The van der Waals surface area contributed by atoms with E-state index in [1.807, 2.05) is 43.1 Å². The Labute approximate surface area is 102 Å². The van der Waals surface area contributed by atoms with Gasteiger partial charge in [-0.15, -0.1) is 0 Å². The van der Waals surface area contributed by atoms with Crippen LogP contribution in [0.3, 0.4) is 0 Å². The van der Waals surface area contributed by atoms with Crippen molar-refractivity contribution in [3.05, 3.63) is 29.8 Å². The van der Waals surface area contributed by atoms with E-state index in [1.165, 1.54) is 0 Å². The van der Waals surface area contributed by atoms with Gasteiger partial charge in [-0.05, 0) is 31.7 Å². The van der Waals surface area contributed by atoms with Gasteiger partial charge in [0.2, 0.25) is 0 Å². The number of likely N-dealkylation sites (N-methyl/N-ethyl adjacent to an activating group) is 1. The Morgan fingerprint density at radius 2 is 1.94 bits per heavy atom. The van der Waals surface area contributed by atoms with Crippen molar-refractivity contribution >= 4 is 0 Å². The molecular weight excluding hydrogens is 218 g/mol. The maximum atomic E-state index is 9.31. The standard InChI is InChI=1S/C13H21NO3/c1-3-17-13-6-4-11(5-7-13)8-14(2)9-12(16)10-15/h4-7,12,15-16H,3,8-10H2,1-2H3. The molecule has 4 heteroatoms. The molecule has 0 amide bonds. The molecule has 0 saturated heterocycles. The number of hydrogen-bond donors (Lipinski definition) is 2. The lowest BCUT2D eigenvalue weighted by atomic mass is 10.2. The van der Waals surface area contributed by atoms with E-state index in [0.717, 1.165) is 17.9 Å². The zero-order valence-corrected chi connectivity index (χ0v) is 10.5. The second kappa shape index (κ2) is 7.27. The Hall–Kier alpha value is -1.10. The van der Waals surface area contributed by atoms with Crippen molar-refractivity contribution in [1.82, 2.24) is 4.90 Å². The summed E-state index contributed by atoms with van der Waals surface area (Å²) in [5.41, 5.74) is 1.15. The first-order valence-electron chi connectivity index (χ1n) is 5.85. The molecule has 0 fully saturated rings. The Bertz CT molecular complexity index is 313. The molecule has 0 aliphatic heterocycles. The number of hydrogen-bond acceptors (Lipinski definition) is 4. The van der Waals surface area contributed by atoms with Crippen LogP contribution in [0.15, 0.2) is 24.3 Å². The highest BCUT2D eigenvalue weighted by Gasteiger charge is 2.07. The number of rotatable bonds is 7. The number of nitrogens with zero attached hydrogens (tertiary/aromatic N) is 1. The van der Waals surface area contributed by atoms with Crippen molar-refractivity contribution in [2.24, 2.45) is 0 Å². The summed E-state index contributed by atoms with van der Waals surface area (Å²) in [6.45, 7) is 3.63. The molecule has 2 N–H and O–H groups in total. The summed E-state index contributed by atoms with van der Waals surface area (Å²) in [4.78, 5) is 1.97. The molecule has 1 aromatic carbocycles. The lowest BCUT2D eigenvalue weighted by Gasteiger charge is -2.19. The van der Waals surface area contributed by atoms with E-state index < -0.39 is 6.10 Å². The van der Waals surface area contributed by atoms with Crippen LogP contribution in [-0.4, -0.2) is 48.0 Å². The zero-order valence-electron chi connectivity index (χ0n) is 10.5. The first-order chi connectivity index (χ1) is 8.15. The topological polar surface area (TPSA) is 52.9 Å². The summed E-state index contributed by atoms with van der Waals surface area (Å²) in [5, 5.41) is 18.1. The Balaban J connectivity index is 2.45. The van der Waals surface area contributed by atoms with Crippen LogP contribution >= 0.6 is 0 Å². The van der Waals surface area contributed by atoms with Gasteiger partial charge in [0, 0.05) is 13.1 Å². The summed E-state index contributed by atoms with van der Waals surface area (Å²) in [6, 6.07) is 7.89. The lowest BCUT2D eigenvalue weighted by Crippen LogP contribution is -2.30. The van der Waals surface area contributed by atoms with E-state index >= 15 is 0 Å². The van der Waals surface area contributed by atoms with E-state index in [9.17, 15) is 5.11 Å². The van der Waals surface area contributed by atoms with Crippen molar-refractivity contribution < 1.29 is 14.9 Å². The van der Waals surface area contributed by atoms with Crippen molar-refractivity contribution in [3.8, 4) is 5.75 Å². The SMILES string of the molecule is CCOc1ccc(CN(C)CC(O)CO)cc1. The molecule has 1 rings (SSSR count). The summed E-state index contributed by atoms with van der Waals surface area (Å²) in [5.74, 6) is 0.870. The minimum Gasteiger partial charge on any atom is -0.494 e. The van der Waals surface area contributed by atoms with Crippen LogP contribution in [0.25, 0.3) is 0 Å². The third-order valence-electron chi connectivity index (χ3n) is 2.42. The maximum absolute atomic E-state index is 9.31. The van der Waals surface area contributed by atoms with Crippen LogP contribution in [0.1, 0.15) is 12.5 Å². The van der Waals surface area contributed by atoms with Gasteiger partial charge in [-0.2, -0.15) is 0 Å². The second-order valence-corrected chi connectivity index (χ2v) is 4.11. The average molecular weight is 239 g/mol. The lowest BCUT2D eigenvalue weighted by molar-refractivity contribution is 0.0648. The van der Waals surface area contributed by atoms with Gasteiger partial charge in [0.05, 0.1) is 19.3 Å². The van der Waals surface area contributed by atoms with E-state index in [2.05, 4.69) is 0 Å². The summed E-state index contributed by atoms with van der Waals surface area (Å²) >= 11 is 0. The third-order valence-corrected chi connectivity index (χ3v) is 2.42. The van der Waals surface area contributed by atoms with Gasteiger partial charge < -0.3 is 14.9 Å². The van der Waals surface area contributed by atoms with Crippen LogP contribution in [0.4, 0.5) is 0 Å². The molecular formula is C13H21NO3. The minimum atomic E-state index is -0.678. The fourth-order valence-electron chi connectivity index (χ4n) is 1.65. The van der Waals surface area contributed by atoms with E-state index in [-0.39, 0.29) is 6.61 Å². The van der Waals surface area contributed by atoms with Gasteiger partial charge in [-0.3, -0.25) is 4.90 Å². The highest BCUT2D eigenvalue weighted by Crippen LogP contribution is 2.13. The van der Waals surface area contributed by atoms with Gasteiger partial charge in [-0.25, -0.2) is 0 Å². The van der Waals surface area contributed by atoms with Crippen LogP contribution in [-0.2, 0) is 6.54 Å². The summed E-state index contributed by atoms with van der Waals surface area (Å²) in [7, 11) is 1.91. The summed E-state index contributed by atoms with van der Waals surface area (Å²) in [6.07, 6.45) is -0.678. The highest BCUT2D eigenvalue weighted by atomic mass is 16.5. The quantitative estimate of drug-likeness (QED) is 0.741. The Morgan fingerprint density at radius 1 is 1.29 bits per heavy atom. The van der Waals surface area contributed by atoms with Crippen molar-refractivity contribution in [1.29, 1.82) is 0 Å². The first kappa shape index (κ1) is 14.0. The third kappa shape index (κ3) is 5.17. The Kier molecular flexibility index (Phi) is 5.97. The van der Waals surface area contributed by atoms with Crippen molar-refractivity contribution in [2.75, 3.05) is 26.8 Å². The van der Waals surface area contributed by atoms with Crippen LogP contribution < -0.4 is 4.74 Å². The molecule has 0 bridgehead atoms. The van der Waals surface area contributed by atoms with Gasteiger partial charge >= 0.3 is 0 Å². The first-order valence-corrected chi connectivity index (χ1v) is 5.85. The Morgan fingerprint density at radius 3 is 2.47 bits per heavy atom. The van der Waals surface area contributed by atoms with Gasteiger partial charge in [0.1, 0.15) is 5.75 Å². The number of aliphatic hydroxyl groups is 2. The molecule has 0 spiro atoms. The fraction of sp³-hybridized carbons (Fsp3) is 0.538. The number of aliphatic hydroxyl groups excluding tert-OH is 2. The molecule has 17 heavy (non-hydrogen) atoms. The zero-order chi connectivity index (χ0) is 12.7. The van der Waals surface area contributed by atoms with Gasteiger partial charge in [0.25, 0.3) is 0 Å². The van der Waals surface area contributed by atoms with Crippen LogP contribution in [0.2, 0.25) is 0 Å². The van der Waals surface area contributed by atoms with Crippen LogP contribution in [0.5, 0.6) is 5.75 Å². The molecule has 96 valence electrons. The van der Waals surface area contributed by atoms with E-state index in [0.29, 0.717) is 13.2 Å². The smallest absolute Gasteiger partial charge is 0.119 e. The molecule has 0 aromatic heterocycles. The molecule has 0 aliphatic rings. The highest BCUT2D eigenvalue weighted by molar-refractivity contribution is 5.27. The van der Waals surface area contributed by atoms with E-state index in [1.54, 1.807) is 0 Å². The second-order valence-electron chi connectivity index (χ2n) is 4.11. The molecule has 0 aliphatic carbocycles. The molecule has 0 saturated carbocycles. The fourth-order valence-corrected chi connectivity index (χ4v) is 1.65. The molecule has 4 nitrogen and oxygen atoms in total. The maximum Gasteiger partial charge on any atom is 0.119 e. The number of ether oxygens (including phenoxy) is 1. The van der Waals surface area contributed by atoms with Gasteiger partial charge in [0.15, 0.2) is 0 Å². The van der Waals surface area contributed by atoms with Gasteiger partial charge in [-0.1, -0.05) is 12.1 Å². The number of benzene rings is 1. The molecule has 1 unspecified atom stereocenters. The average Bonchev–Trinajstić information content (AvgIpc) is 2.31. The molecule has 0 radical (unpaired) electrons. The van der Waals surface area contributed by atoms with Crippen molar-refractivity contribution in [2.45, 2.75) is 19.6 Å². The van der Waals surface area contributed by atoms with E-state index in [4.69, 9.17) is 9.84 Å². The minimum absolute atomic E-state index is 0.201. The molecule has 0 heterocycles. The van der Waals surface area contributed by atoms with Crippen molar-refractivity contribution in [3.63, 3.8) is 0 Å². The predicted molar refractivity (Wildman–Crippen MR) is 67.0 cm³/mol.